The van der Waals surface area contributed by atoms with Gasteiger partial charge in [0.15, 0.2) is 5.22 Å². The Bertz CT molecular complexity index is 516. The number of hydrogen-bond donors (Lipinski definition) is 1. The highest BCUT2D eigenvalue weighted by molar-refractivity contribution is 6.30. The van der Waals surface area contributed by atoms with Crippen LogP contribution in [0, 0.1) is 0 Å². The van der Waals surface area contributed by atoms with Gasteiger partial charge < -0.3 is 9.73 Å². The van der Waals surface area contributed by atoms with E-state index < -0.39 is 0 Å². The van der Waals surface area contributed by atoms with Crippen LogP contribution >= 0.6 is 11.6 Å². The van der Waals surface area contributed by atoms with Gasteiger partial charge in [-0.3, -0.25) is 0 Å². The summed E-state index contributed by atoms with van der Waals surface area (Å²) in [5.41, 5.74) is 1.89. The highest BCUT2D eigenvalue weighted by Gasteiger charge is 2.10. The number of benzene rings is 1. The van der Waals surface area contributed by atoms with E-state index in [0.717, 1.165) is 36.0 Å². The lowest BCUT2D eigenvalue weighted by Crippen LogP contribution is -2.13. The number of halogens is 1. The molecule has 0 atom stereocenters. The van der Waals surface area contributed by atoms with Crippen molar-refractivity contribution >= 4 is 22.6 Å². The van der Waals surface area contributed by atoms with Crippen LogP contribution in [0.2, 0.25) is 5.22 Å². The monoisotopic (exact) mass is 249 g/mol. The molecule has 2 rings (SSSR count). The topological polar surface area (TPSA) is 25.2 Å². The third-order valence-corrected chi connectivity index (χ3v) is 2.98. The molecule has 0 aliphatic rings. The van der Waals surface area contributed by atoms with Crippen LogP contribution in [0.3, 0.4) is 0 Å². The molecule has 0 aliphatic heterocycles. The van der Waals surface area contributed by atoms with Crippen LogP contribution in [0.4, 0.5) is 0 Å². The molecule has 2 nitrogen and oxygen atoms in total. The number of rotatable bonds is 5. The van der Waals surface area contributed by atoms with E-state index in [-0.39, 0.29) is 0 Å². The Morgan fingerprint density at radius 3 is 3.00 bits per heavy atom. The van der Waals surface area contributed by atoms with Gasteiger partial charge in [-0.15, -0.1) is 0 Å². The maximum atomic E-state index is 6.09. The second kappa shape index (κ2) is 5.89. The average Bonchev–Trinajstić information content (AvgIpc) is 2.65. The lowest BCUT2D eigenvalue weighted by Gasteiger charge is -2.01. The summed E-state index contributed by atoms with van der Waals surface area (Å²) < 4.78 is 5.49. The molecule has 1 heterocycles. The first-order chi connectivity index (χ1) is 8.33. The SMILES string of the molecule is C/C=C/CCNCc1c(Cl)oc2ccccc12. The fourth-order valence-corrected chi connectivity index (χ4v) is 2.05. The summed E-state index contributed by atoms with van der Waals surface area (Å²) in [6.07, 6.45) is 5.23. The molecule has 0 saturated heterocycles. The lowest BCUT2D eigenvalue weighted by atomic mass is 10.2. The summed E-state index contributed by atoms with van der Waals surface area (Å²) in [4.78, 5) is 0. The molecule has 0 amide bonds. The molecule has 3 heteroatoms. The molecule has 2 aromatic rings. The molecule has 1 aromatic heterocycles. The molecule has 0 unspecified atom stereocenters. The van der Waals surface area contributed by atoms with Crippen LogP contribution in [0.15, 0.2) is 40.8 Å². The Balaban J connectivity index is 2.05. The average molecular weight is 250 g/mol. The number of para-hydroxylation sites is 1. The predicted octanol–water partition coefficient (Wildman–Crippen LogP) is 4.14. The van der Waals surface area contributed by atoms with Crippen LogP contribution in [0.1, 0.15) is 18.9 Å². The Kier molecular flexibility index (Phi) is 4.24. The molecule has 90 valence electrons. The molecule has 0 radical (unpaired) electrons. The van der Waals surface area contributed by atoms with Crippen LogP contribution in [-0.2, 0) is 6.54 Å². The summed E-state index contributed by atoms with van der Waals surface area (Å²) in [7, 11) is 0. The third kappa shape index (κ3) is 2.90. The van der Waals surface area contributed by atoms with Crippen molar-refractivity contribution in [1.82, 2.24) is 5.32 Å². The molecule has 0 bridgehead atoms. The van der Waals surface area contributed by atoms with Gasteiger partial charge in [0.05, 0.1) is 0 Å². The van der Waals surface area contributed by atoms with E-state index in [2.05, 4.69) is 17.5 Å². The fourth-order valence-electron chi connectivity index (χ4n) is 1.80. The standard InChI is InChI=1S/C14H16ClNO/c1-2-3-6-9-16-10-12-11-7-4-5-8-13(11)17-14(12)15/h2-5,7-8,16H,6,9-10H2,1H3/b3-2+. The quantitative estimate of drug-likeness (QED) is 0.636. The van der Waals surface area contributed by atoms with Crippen LogP contribution in [0.25, 0.3) is 11.0 Å². The first-order valence-corrected chi connectivity index (χ1v) is 6.18. The molecule has 0 saturated carbocycles. The van der Waals surface area contributed by atoms with E-state index in [9.17, 15) is 0 Å². The Morgan fingerprint density at radius 2 is 2.18 bits per heavy atom. The second-order valence-corrected chi connectivity index (χ2v) is 4.23. The lowest BCUT2D eigenvalue weighted by molar-refractivity contribution is 0.605. The molecular weight excluding hydrogens is 234 g/mol. The molecule has 17 heavy (non-hydrogen) atoms. The van der Waals surface area contributed by atoms with Crippen LogP contribution < -0.4 is 5.32 Å². The Morgan fingerprint density at radius 1 is 1.35 bits per heavy atom. The van der Waals surface area contributed by atoms with Gasteiger partial charge in [-0.05, 0) is 37.6 Å². The van der Waals surface area contributed by atoms with E-state index in [1.807, 2.05) is 31.2 Å². The first-order valence-electron chi connectivity index (χ1n) is 5.80. The highest BCUT2D eigenvalue weighted by Crippen LogP contribution is 2.29. The van der Waals surface area contributed by atoms with Gasteiger partial charge in [0, 0.05) is 17.5 Å². The van der Waals surface area contributed by atoms with Crippen LogP contribution in [-0.4, -0.2) is 6.54 Å². The minimum absolute atomic E-state index is 0.490. The molecule has 1 aromatic carbocycles. The first kappa shape index (κ1) is 12.2. The summed E-state index contributed by atoms with van der Waals surface area (Å²) in [6.45, 7) is 3.72. The van der Waals surface area contributed by atoms with Crippen molar-refractivity contribution in [2.75, 3.05) is 6.54 Å². The summed E-state index contributed by atoms with van der Waals surface area (Å²) in [5, 5.41) is 4.94. The summed E-state index contributed by atoms with van der Waals surface area (Å²) >= 11 is 6.09. The Labute approximate surface area is 106 Å². The van der Waals surface area contributed by atoms with Crippen molar-refractivity contribution in [2.45, 2.75) is 19.9 Å². The number of furan rings is 1. The molecule has 1 N–H and O–H groups in total. The molecule has 0 spiro atoms. The van der Waals surface area contributed by atoms with Gasteiger partial charge in [0.25, 0.3) is 0 Å². The minimum atomic E-state index is 0.490. The van der Waals surface area contributed by atoms with Gasteiger partial charge in [-0.1, -0.05) is 30.4 Å². The molecular formula is C14H16ClNO. The minimum Gasteiger partial charge on any atom is -0.444 e. The van der Waals surface area contributed by atoms with Crippen molar-refractivity contribution in [2.24, 2.45) is 0 Å². The van der Waals surface area contributed by atoms with Gasteiger partial charge >= 0.3 is 0 Å². The van der Waals surface area contributed by atoms with E-state index in [0.29, 0.717) is 5.22 Å². The highest BCUT2D eigenvalue weighted by atomic mass is 35.5. The number of nitrogens with one attached hydrogen (secondary N) is 1. The normalized spacial score (nSPS) is 11.6. The number of fused-ring (bicyclic) bond motifs is 1. The van der Waals surface area contributed by atoms with Gasteiger partial charge in [0.1, 0.15) is 5.58 Å². The van der Waals surface area contributed by atoms with Gasteiger partial charge in [-0.2, -0.15) is 0 Å². The second-order valence-electron chi connectivity index (χ2n) is 3.88. The zero-order chi connectivity index (χ0) is 12.1. The molecule has 0 fully saturated rings. The number of allylic oxidation sites excluding steroid dienone is 1. The van der Waals surface area contributed by atoms with Crippen molar-refractivity contribution in [3.8, 4) is 0 Å². The zero-order valence-electron chi connectivity index (χ0n) is 9.87. The zero-order valence-corrected chi connectivity index (χ0v) is 10.6. The van der Waals surface area contributed by atoms with E-state index in [1.165, 1.54) is 0 Å². The Hall–Kier alpha value is -1.25. The van der Waals surface area contributed by atoms with Crippen molar-refractivity contribution in [3.63, 3.8) is 0 Å². The van der Waals surface area contributed by atoms with Crippen LogP contribution in [0.5, 0.6) is 0 Å². The predicted molar refractivity (Wildman–Crippen MR) is 72.4 cm³/mol. The summed E-state index contributed by atoms with van der Waals surface area (Å²) in [5.74, 6) is 0. The summed E-state index contributed by atoms with van der Waals surface area (Å²) in [6, 6.07) is 7.92. The largest absolute Gasteiger partial charge is 0.444 e. The van der Waals surface area contributed by atoms with Crippen molar-refractivity contribution < 1.29 is 4.42 Å². The number of hydrogen-bond acceptors (Lipinski definition) is 2. The van der Waals surface area contributed by atoms with Gasteiger partial charge in [-0.25, -0.2) is 0 Å². The maximum Gasteiger partial charge on any atom is 0.199 e. The maximum absolute atomic E-state index is 6.09. The van der Waals surface area contributed by atoms with Crippen molar-refractivity contribution in [3.05, 3.63) is 47.2 Å². The fraction of sp³-hybridized carbons (Fsp3) is 0.286. The van der Waals surface area contributed by atoms with E-state index >= 15 is 0 Å². The third-order valence-electron chi connectivity index (χ3n) is 2.67. The smallest absolute Gasteiger partial charge is 0.199 e. The van der Waals surface area contributed by atoms with Gasteiger partial charge in [0.2, 0.25) is 0 Å². The molecule has 0 aliphatic carbocycles. The van der Waals surface area contributed by atoms with Crippen molar-refractivity contribution in [1.29, 1.82) is 0 Å². The van der Waals surface area contributed by atoms with E-state index in [4.69, 9.17) is 16.0 Å². The van der Waals surface area contributed by atoms with E-state index in [1.54, 1.807) is 0 Å².